The third-order valence-corrected chi connectivity index (χ3v) is 21.2. The summed E-state index contributed by atoms with van der Waals surface area (Å²) in [7, 11) is 6.56. The lowest BCUT2D eigenvalue weighted by Gasteiger charge is -2.36. The molecule has 0 bridgehead atoms. The molecule has 5 aromatic carbocycles. The number of thioether (sulfide) groups is 1. The number of aromatic nitrogens is 1. The number of phenolic OH excluding ortho intramolecular Hbond substituents is 2. The van der Waals surface area contributed by atoms with Gasteiger partial charge in [0.1, 0.15) is 71.9 Å². The zero-order valence-corrected chi connectivity index (χ0v) is 68.8. The van der Waals surface area contributed by atoms with E-state index in [0.29, 0.717) is 51.6 Å². The van der Waals surface area contributed by atoms with Crippen LogP contribution in [0.15, 0.2) is 140 Å². The minimum atomic E-state index is -1.88. The van der Waals surface area contributed by atoms with Crippen molar-refractivity contribution in [2.45, 2.75) is 159 Å². The maximum Gasteiger partial charge on any atom is 0.305 e. The summed E-state index contributed by atoms with van der Waals surface area (Å²) in [6.07, 6.45) is 0.441. The smallest absolute Gasteiger partial charge is 0.305 e. The van der Waals surface area contributed by atoms with Crippen molar-refractivity contribution in [1.82, 2.24) is 72.0 Å². The number of carbonyl (C=O) groups excluding carboxylic acids is 14. The number of hydrogen-bond donors (Lipinski definition) is 13. The van der Waals surface area contributed by atoms with Gasteiger partial charge in [-0.25, -0.2) is 0 Å². The van der Waals surface area contributed by atoms with Gasteiger partial charge in [-0.3, -0.25) is 71.9 Å². The first-order valence-corrected chi connectivity index (χ1v) is 40.1. The van der Waals surface area contributed by atoms with Crippen LogP contribution in [0.3, 0.4) is 0 Å². The number of likely N-dealkylation sites (N-methyl/N-ethyl adjacent to an activating group) is 5. The SMILES string of the molecule is CCCCC1C(=O)N(C)CC(=O)NC(CC(=O)O)C(=O)NC(C(C)C)C(=O)N(C)C(Cc2ccccc2)C(=O)NC(Cc2ccc(O)cc2)C(=O)N(C)CC(=O)NC(Cc2c[nH]c3ccccc23)C(=O)NC(Cc2ccc(O)cc2)C(=O)NC(CC(C)C)C(=O)NC(C(=O)NCC(N)=O)CSCC(=O)N(C)C(Cc2ccccc2)C(=O)N1C. The van der Waals surface area contributed by atoms with Crippen LogP contribution in [0.2, 0.25) is 0 Å². The second kappa shape index (κ2) is 44.7. The molecule has 118 heavy (non-hydrogen) atoms. The molecule has 1 aliphatic heterocycles. The third-order valence-electron chi connectivity index (χ3n) is 20.2. The zero-order chi connectivity index (χ0) is 86.6. The van der Waals surface area contributed by atoms with E-state index >= 15 is 28.8 Å². The van der Waals surface area contributed by atoms with Gasteiger partial charge in [0, 0.05) is 90.2 Å². The molecule has 1 saturated heterocycles. The highest BCUT2D eigenvalue weighted by molar-refractivity contribution is 8.00. The first-order valence-electron chi connectivity index (χ1n) is 39.0. The van der Waals surface area contributed by atoms with Gasteiger partial charge in [-0.15, -0.1) is 11.8 Å². The van der Waals surface area contributed by atoms with E-state index in [0.717, 1.165) is 26.5 Å². The van der Waals surface area contributed by atoms with Crippen molar-refractivity contribution < 1.29 is 87.2 Å². The number of nitrogens with zero attached hydrogens (tertiary/aromatic N) is 5. The molecule has 0 spiro atoms. The average molecular weight is 1650 g/mol. The highest BCUT2D eigenvalue weighted by Crippen LogP contribution is 2.24. The van der Waals surface area contributed by atoms with Gasteiger partial charge < -0.3 is 93.1 Å². The van der Waals surface area contributed by atoms with Crippen LogP contribution in [-0.4, -0.2) is 260 Å². The van der Waals surface area contributed by atoms with E-state index in [4.69, 9.17) is 5.73 Å². The Hall–Kier alpha value is -12.4. The monoisotopic (exact) mass is 1650 g/mol. The molecule has 33 nitrogen and oxygen atoms in total. The van der Waals surface area contributed by atoms with E-state index in [1.54, 1.807) is 119 Å². The lowest BCUT2D eigenvalue weighted by atomic mass is 9.98. The molecule has 2 heterocycles. The summed E-state index contributed by atoms with van der Waals surface area (Å²) in [4.78, 5) is 226. The van der Waals surface area contributed by atoms with E-state index in [2.05, 4.69) is 47.5 Å². The Kier molecular flexibility index (Phi) is 35.1. The second-order valence-corrected chi connectivity index (χ2v) is 31.3. The molecule has 6 aromatic rings. The fourth-order valence-corrected chi connectivity index (χ4v) is 14.5. The van der Waals surface area contributed by atoms with E-state index in [1.807, 2.05) is 6.92 Å². The number of aromatic hydroxyl groups is 2. The molecule has 10 atom stereocenters. The number of aromatic amines is 1. The van der Waals surface area contributed by atoms with Crippen molar-refractivity contribution in [2.75, 3.05) is 66.4 Å². The molecule has 14 amide bonds. The van der Waals surface area contributed by atoms with Gasteiger partial charge in [-0.05, 0) is 82.8 Å². The minimum Gasteiger partial charge on any atom is -0.508 e. The lowest BCUT2D eigenvalue weighted by Crippen LogP contribution is -2.61. The standard InChI is InChI=1S/C84H109N15O18S/c1-11-12-27-66-82(115)96(7)46-71(104)89-63(42-73(106)107)79(112)94-74(50(4)5)84(117)99(10)67(39-51-21-15-13-16-22-51)80(113)92-64(38-54-30-34-57(101)35-31-54)81(114)95(6)45-70(103)88-62(41-55-43-86-59-26-20-19-25-58(55)59)78(111)91-61(37-53-28-32-56(100)33-29-53)77(110)90-60(36-49(2)3)76(109)93-65(75(108)87-44-69(85)102)47-118-48-72(105)97(8)68(83(116)98(66)9)40-52-23-17-14-18-24-52/h13-26,28-35,43,49-50,60-68,74,86,100-101H,11-12,27,36-42,44-48H2,1-10H3,(H2,85,102)(H,87,108)(H,88,103)(H,89,104)(H,90,110)(H,91,111)(H,92,113)(H,93,109)(H,94,112)(H,106,107). The third kappa shape index (κ3) is 27.7. The normalized spacial score (nSPS) is 22.0. The Morgan fingerprint density at radius 2 is 0.992 bits per heavy atom. The zero-order valence-electron chi connectivity index (χ0n) is 68.0. The minimum absolute atomic E-state index is 0.0545. The maximum atomic E-state index is 15.3. The van der Waals surface area contributed by atoms with Crippen molar-refractivity contribution in [1.29, 1.82) is 0 Å². The van der Waals surface area contributed by atoms with Crippen molar-refractivity contribution >= 4 is 111 Å². The summed E-state index contributed by atoms with van der Waals surface area (Å²) in [6, 6.07) is 20.4. The molecule has 0 radical (unpaired) electrons. The molecule has 0 aliphatic carbocycles. The number of carboxylic acid groups (broad SMARTS) is 1. The number of phenols is 2. The number of primary amides is 1. The Morgan fingerprint density at radius 3 is 1.54 bits per heavy atom. The Morgan fingerprint density at radius 1 is 0.508 bits per heavy atom. The largest absolute Gasteiger partial charge is 0.508 e. The quantitative estimate of drug-likeness (QED) is 0.0487. The number of benzene rings is 5. The van der Waals surface area contributed by atoms with Gasteiger partial charge in [0.15, 0.2) is 0 Å². The topological polar surface area (TPSA) is 471 Å². The molecule has 1 aliphatic rings. The van der Waals surface area contributed by atoms with E-state index in [1.165, 1.54) is 93.6 Å². The number of hydrogen-bond acceptors (Lipinski definition) is 18. The molecular formula is C84H109N15O18S. The van der Waals surface area contributed by atoms with Gasteiger partial charge >= 0.3 is 5.97 Å². The molecular weight excluding hydrogens is 1540 g/mol. The van der Waals surface area contributed by atoms with Crippen LogP contribution in [-0.2, 0) is 104 Å². The summed E-state index contributed by atoms with van der Waals surface area (Å²) in [6.45, 7) is 6.25. The number of H-pyrrole nitrogens is 1. The van der Waals surface area contributed by atoms with Crippen molar-refractivity contribution in [2.24, 2.45) is 17.6 Å². The number of carboxylic acids is 1. The lowest BCUT2D eigenvalue weighted by molar-refractivity contribution is -0.150. The first kappa shape index (κ1) is 92.8. The molecule has 0 saturated carbocycles. The summed E-state index contributed by atoms with van der Waals surface area (Å²) >= 11 is 0.858. The highest BCUT2D eigenvalue weighted by atomic mass is 32.2. The fourth-order valence-electron chi connectivity index (χ4n) is 13.5. The summed E-state index contributed by atoms with van der Waals surface area (Å²) in [5, 5.41) is 52.6. The van der Waals surface area contributed by atoms with Crippen molar-refractivity contribution in [3.63, 3.8) is 0 Å². The van der Waals surface area contributed by atoms with Crippen LogP contribution in [0.5, 0.6) is 11.5 Å². The molecule has 634 valence electrons. The maximum absolute atomic E-state index is 15.3. The van der Waals surface area contributed by atoms with Gasteiger partial charge in [0.05, 0.1) is 31.8 Å². The second-order valence-electron chi connectivity index (χ2n) is 30.3. The van der Waals surface area contributed by atoms with Crippen LogP contribution < -0.4 is 48.3 Å². The number of nitrogens with one attached hydrogen (secondary N) is 9. The van der Waals surface area contributed by atoms with E-state index in [9.17, 15) is 58.5 Å². The van der Waals surface area contributed by atoms with Crippen LogP contribution >= 0.6 is 11.8 Å². The molecule has 10 unspecified atom stereocenters. The average Bonchev–Trinajstić information content (AvgIpc) is 1.46. The van der Waals surface area contributed by atoms with E-state index < -0.39 is 187 Å². The van der Waals surface area contributed by atoms with Crippen LogP contribution in [0.25, 0.3) is 10.9 Å². The van der Waals surface area contributed by atoms with Gasteiger partial charge in [0.25, 0.3) is 0 Å². The van der Waals surface area contributed by atoms with Crippen LogP contribution in [0, 0.1) is 11.8 Å². The number of nitrogens with two attached hydrogens (primary N) is 1. The number of para-hydroxylation sites is 1. The van der Waals surface area contributed by atoms with Gasteiger partial charge in [0.2, 0.25) is 82.7 Å². The number of fused-ring (bicyclic) bond motifs is 1. The molecule has 1 aromatic heterocycles. The number of aliphatic carboxylic acids is 1. The number of unbranched alkanes of at least 4 members (excludes halogenated alkanes) is 1. The molecule has 34 heteroatoms. The number of carbonyl (C=O) groups is 15. The summed E-state index contributed by atoms with van der Waals surface area (Å²) in [5.74, 6) is -16.2. The first-order chi connectivity index (χ1) is 56.0. The van der Waals surface area contributed by atoms with Gasteiger partial charge in [-0.2, -0.15) is 0 Å². The van der Waals surface area contributed by atoms with Crippen molar-refractivity contribution in [3.05, 3.63) is 167 Å². The molecule has 1 fully saturated rings. The van der Waals surface area contributed by atoms with Gasteiger partial charge in [-0.1, -0.05) is 151 Å². The predicted molar refractivity (Wildman–Crippen MR) is 440 cm³/mol. The molecule has 14 N–H and O–H groups in total. The van der Waals surface area contributed by atoms with E-state index in [-0.39, 0.29) is 68.1 Å². The van der Waals surface area contributed by atoms with Crippen LogP contribution in [0.4, 0.5) is 0 Å². The Bertz CT molecular complexity index is 4510. The number of rotatable bonds is 21. The number of amides is 14. The highest BCUT2D eigenvalue weighted by Gasteiger charge is 2.41. The molecule has 7 rings (SSSR count). The fraction of sp³-hybridized carbons (Fsp3) is 0.440. The van der Waals surface area contributed by atoms with Crippen LogP contribution in [0.1, 0.15) is 94.5 Å². The summed E-state index contributed by atoms with van der Waals surface area (Å²) in [5.41, 5.74) is 8.59. The Balaban J connectivity index is 1.33. The summed E-state index contributed by atoms with van der Waals surface area (Å²) < 4.78 is 0. The Labute approximate surface area is 689 Å². The predicted octanol–water partition coefficient (Wildman–Crippen LogP) is 1.60. The van der Waals surface area contributed by atoms with Crippen molar-refractivity contribution in [3.8, 4) is 11.5 Å².